The van der Waals surface area contributed by atoms with Crippen LogP contribution in [0.5, 0.6) is 5.75 Å². The molecule has 0 saturated carbocycles. The molecule has 138 valence electrons. The summed E-state index contributed by atoms with van der Waals surface area (Å²) in [4.78, 5) is 26.9. The van der Waals surface area contributed by atoms with Gasteiger partial charge < -0.3 is 14.4 Å². The van der Waals surface area contributed by atoms with E-state index in [1.807, 2.05) is 30.3 Å². The molecule has 0 N–H and O–H groups in total. The van der Waals surface area contributed by atoms with Crippen molar-refractivity contribution in [3.63, 3.8) is 0 Å². The smallest absolute Gasteiger partial charge is 0.343 e. The normalized spacial score (nSPS) is 11.7. The monoisotopic (exact) mass is 363 g/mol. The van der Waals surface area contributed by atoms with Crippen LogP contribution in [-0.4, -0.2) is 38.0 Å². The van der Waals surface area contributed by atoms with Gasteiger partial charge in [-0.3, -0.25) is 4.79 Å². The van der Waals surface area contributed by atoms with Crippen LogP contribution in [0.1, 0.15) is 22.0 Å². The lowest BCUT2D eigenvalue weighted by Crippen LogP contribution is -2.31. The molecule has 0 unspecified atom stereocenters. The van der Waals surface area contributed by atoms with Gasteiger partial charge in [0, 0.05) is 19.7 Å². The third kappa shape index (κ3) is 3.92. The van der Waals surface area contributed by atoms with Crippen molar-refractivity contribution in [2.45, 2.75) is 6.10 Å². The highest BCUT2D eigenvalue weighted by atomic mass is 16.6. The molecule has 0 saturated heterocycles. The molecule has 3 rings (SSSR count). The lowest BCUT2D eigenvalue weighted by Gasteiger charge is -2.21. The molecule has 27 heavy (non-hydrogen) atoms. The van der Waals surface area contributed by atoms with Gasteiger partial charge in [-0.05, 0) is 22.9 Å². The molecule has 0 radical (unpaired) electrons. The van der Waals surface area contributed by atoms with Crippen LogP contribution in [0, 0.1) is 0 Å². The Morgan fingerprint density at radius 1 is 0.889 bits per heavy atom. The summed E-state index contributed by atoms with van der Waals surface area (Å²) in [5.74, 6) is -0.515. The van der Waals surface area contributed by atoms with Gasteiger partial charge in [0.05, 0.1) is 7.11 Å². The number of likely N-dealkylation sites (N-methyl/N-ethyl adjacent to an activating group) is 1. The highest BCUT2D eigenvalue weighted by molar-refractivity contribution is 6.00. The van der Waals surface area contributed by atoms with E-state index in [1.165, 1.54) is 12.0 Å². The predicted octanol–water partition coefficient (Wildman–Crippen LogP) is 3.83. The molecule has 3 aromatic carbocycles. The van der Waals surface area contributed by atoms with E-state index in [9.17, 15) is 9.59 Å². The van der Waals surface area contributed by atoms with Gasteiger partial charge in [-0.25, -0.2) is 4.79 Å². The van der Waals surface area contributed by atoms with Crippen LogP contribution in [0.4, 0.5) is 0 Å². The maximum absolute atomic E-state index is 12.9. The Hall–Kier alpha value is -3.34. The predicted molar refractivity (Wildman–Crippen MR) is 104 cm³/mol. The molecule has 0 heterocycles. The first-order chi connectivity index (χ1) is 13.0. The number of fused-ring (bicyclic) bond motifs is 1. The standard InChI is InChI=1S/C22H21NO4/c1-23(2)21(24)20(15-9-5-4-6-10-15)27-22(25)18-13-16-11-7-8-12-17(16)14-19(18)26-3/h4-14,20H,1-3H3/t20-/m0/s1. The summed E-state index contributed by atoms with van der Waals surface area (Å²) in [6.45, 7) is 0. The van der Waals surface area contributed by atoms with Crippen LogP contribution >= 0.6 is 0 Å². The van der Waals surface area contributed by atoms with E-state index < -0.39 is 12.1 Å². The molecule has 5 heteroatoms. The number of methoxy groups -OCH3 is 1. The first-order valence-electron chi connectivity index (χ1n) is 8.55. The zero-order valence-electron chi connectivity index (χ0n) is 15.5. The summed E-state index contributed by atoms with van der Waals surface area (Å²) < 4.78 is 11.0. The zero-order chi connectivity index (χ0) is 19.4. The minimum Gasteiger partial charge on any atom is -0.496 e. The Bertz CT molecular complexity index is 966. The molecular formula is C22H21NO4. The fourth-order valence-corrected chi connectivity index (χ4v) is 2.84. The van der Waals surface area contributed by atoms with Crippen molar-refractivity contribution >= 4 is 22.6 Å². The average molecular weight is 363 g/mol. The summed E-state index contributed by atoms with van der Waals surface area (Å²) in [7, 11) is 4.76. The fourth-order valence-electron chi connectivity index (χ4n) is 2.84. The maximum atomic E-state index is 12.9. The number of hydrogen-bond acceptors (Lipinski definition) is 4. The van der Waals surface area contributed by atoms with E-state index in [0.29, 0.717) is 11.3 Å². The van der Waals surface area contributed by atoms with Gasteiger partial charge in [0.25, 0.3) is 5.91 Å². The molecule has 0 spiro atoms. The molecule has 0 fully saturated rings. The number of esters is 1. The van der Waals surface area contributed by atoms with Crippen molar-refractivity contribution in [1.82, 2.24) is 4.90 Å². The number of rotatable bonds is 5. The van der Waals surface area contributed by atoms with Crippen molar-refractivity contribution in [2.75, 3.05) is 21.2 Å². The Morgan fingerprint density at radius 3 is 2.07 bits per heavy atom. The number of carbonyl (C=O) groups is 2. The van der Waals surface area contributed by atoms with E-state index >= 15 is 0 Å². The molecule has 0 aliphatic carbocycles. The zero-order valence-corrected chi connectivity index (χ0v) is 15.5. The number of ether oxygens (including phenoxy) is 2. The molecule has 0 aliphatic heterocycles. The Morgan fingerprint density at radius 2 is 1.48 bits per heavy atom. The van der Waals surface area contributed by atoms with E-state index in [4.69, 9.17) is 9.47 Å². The van der Waals surface area contributed by atoms with Crippen molar-refractivity contribution in [1.29, 1.82) is 0 Å². The van der Waals surface area contributed by atoms with Crippen molar-refractivity contribution in [3.8, 4) is 5.75 Å². The SMILES string of the molecule is COc1cc2ccccc2cc1C(=O)O[C@H](C(=O)N(C)C)c1ccccc1. The topological polar surface area (TPSA) is 55.8 Å². The van der Waals surface area contributed by atoms with E-state index in [2.05, 4.69) is 0 Å². The van der Waals surface area contributed by atoms with Gasteiger partial charge in [-0.15, -0.1) is 0 Å². The second-order valence-corrected chi connectivity index (χ2v) is 6.33. The van der Waals surface area contributed by atoms with Gasteiger partial charge in [0.2, 0.25) is 6.10 Å². The number of amides is 1. The third-order valence-corrected chi connectivity index (χ3v) is 4.28. The Labute approximate surface area is 158 Å². The van der Waals surface area contributed by atoms with E-state index in [1.54, 1.807) is 50.5 Å². The van der Waals surface area contributed by atoms with Crippen LogP contribution < -0.4 is 4.74 Å². The van der Waals surface area contributed by atoms with E-state index in [0.717, 1.165) is 10.8 Å². The Kier molecular flexibility index (Phi) is 5.41. The van der Waals surface area contributed by atoms with Gasteiger partial charge in [0.15, 0.2) is 0 Å². The number of hydrogen-bond donors (Lipinski definition) is 0. The van der Waals surface area contributed by atoms with E-state index in [-0.39, 0.29) is 11.5 Å². The fraction of sp³-hybridized carbons (Fsp3) is 0.182. The van der Waals surface area contributed by atoms with Gasteiger partial charge in [-0.1, -0.05) is 54.6 Å². The number of carbonyl (C=O) groups excluding carboxylic acids is 2. The summed E-state index contributed by atoms with van der Waals surface area (Å²) >= 11 is 0. The highest BCUT2D eigenvalue weighted by Crippen LogP contribution is 2.29. The first kappa shape index (κ1) is 18.5. The van der Waals surface area contributed by atoms with Crippen molar-refractivity contribution in [2.24, 2.45) is 0 Å². The largest absolute Gasteiger partial charge is 0.496 e. The van der Waals surface area contributed by atoms with Gasteiger partial charge >= 0.3 is 5.97 Å². The molecule has 1 amide bonds. The highest BCUT2D eigenvalue weighted by Gasteiger charge is 2.28. The molecule has 0 bridgehead atoms. The molecule has 1 atom stereocenters. The van der Waals surface area contributed by atoms with Crippen LogP contribution in [0.15, 0.2) is 66.7 Å². The van der Waals surface area contributed by atoms with Crippen molar-refractivity contribution < 1.29 is 19.1 Å². The second-order valence-electron chi connectivity index (χ2n) is 6.33. The van der Waals surface area contributed by atoms with Crippen LogP contribution in [0.2, 0.25) is 0 Å². The van der Waals surface area contributed by atoms with Crippen LogP contribution in [-0.2, 0) is 9.53 Å². The molecule has 3 aromatic rings. The minimum absolute atomic E-state index is 0.281. The van der Waals surface area contributed by atoms with Crippen LogP contribution in [0.25, 0.3) is 10.8 Å². The van der Waals surface area contributed by atoms with Crippen LogP contribution in [0.3, 0.4) is 0 Å². The molecule has 0 aliphatic rings. The second kappa shape index (κ2) is 7.91. The lowest BCUT2D eigenvalue weighted by atomic mass is 10.1. The van der Waals surface area contributed by atoms with Crippen molar-refractivity contribution in [3.05, 3.63) is 77.9 Å². The summed E-state index contributed by atoms with van der Waals surface area (Å²) in [5.41, 5.74) is 0.896. The van der Waals surface area contributed by atoms with Gasteiger partial charge in [-0.2, -0.15) is 0 Å². The summed E-state index contributed by atoms with van der Waals surface area (Å²) in [6.07, 6.45) is -1.02. The van der Waals surface area contributed by atoms with Gasteiger partial charge in [0.1, 0.15) is 11.3 Å². The first-order valence-corrected chi connectivity index (χ1v) is 8.55. The quantitative estimate of drug-likeness (QED) is 0.647. The Balaban J connectivity index is 1.98. The summed E-state index contributed by atoms with van der Waals surface area (Å²) in [6, 6.07) is 20.1. The molecule has 0 aromatic heterocycles. The molecule has 5 nitrogen and oxygen atoms in total. The lowest BCUT2D eigenvalue weighted by molar-refractivity contribution is -0.138. The summed E-state index contributed by atoms with van der Waals surface area (Å²) in [5, 5.41) is 1.84. The number of benzene rings is 3. The number of nitrogens with zero attached hydrogens (tertiary/aromatic N) is 1. The average Bonchev–Trinajstić information content (AvgIpc) is 2.70. The molecular weight excluding hydrogens is 342 g/mol. The third-order valence-electron chi connectivity index (χ3n) is 4.28. The minimum atomic E-state index is -1.02. The maximum Gasteiger partial charge on any atom is 0.343 e.